The zero-order chi connectivity index (χ0) is 14.6. The molecule has 2 rings (SSSR count). The highest BCUT2D eigenvalue weighted by Crippen LogP contribution is 2.19. The second-order valence-electron chi connectivity index (χ2n) is 4.07. The van der Waals surface area contributed by atoms with Crippen LogP contribution in [0.1, 0.15) is 10.9 Å². The molecule has 7 heteroatoms. The quantitative estimate of drug-likeness (QED) is 0.863. The van der Waals surface area contributed by atoms with Gasteiger partial charge in [-0.2, -0.15) is 0 Å². The van der Waals surface area contributed by atoms with Gasteiger partial charge >= 0.3 is 0 Å². The van der Waals surface area contributed by atoms with Crippen molar-refractivity contribution in [2.75, 3.05) is 6.54 Å². The van der Waals surface area contributed by atoms with E-state index in [1.807, 2.05) is 18.2 Å². The van der Waals surface area contributed by atoms with E-state index < -0.39 is 21.2 Å². The summed E-state index contributed by atoms with van der Waals surface area (Å²) in [4.78, 5) is 3.28. The Hall–Kier alpha value is -1.50. The van der Waals surface area contributed by atoms with Crippen molar-refractivity contribution in [3.05, 3.63) is 60.2 Å². The van der Waals surface area contributed by atoms with Crippen LogP contribution in [0.15, 0.2) is 53.7 Å². The van der Waals surface area contributed by atoms with Crippen LogP contribution in [0.25, 0.3) is 0 Å². The van der Waals surface area contributed by atoms with Gasteiger partial charge in [0.1, 0.15) is 10.7 Å². The minimum atomic E-state index is -3.82. The SMILES string of the molecule is O=S(=O)(NCC(Cl)c1ccccc1)c1cncc(F)c1. The molecule has 0 bridgehead atoms. The van der Waals surface area contributed by atoms with Crippen molar-refractivity contribution in [2.45, 2.75) is 10.3 Å². The molecule has 0 saturated carbocycles. The van der Waals surface area contributed by atoms with E-state index >= 15 is 0 Å². The summed E-state index contributed by atoms with van der Waals surface area (Å²) in [5, 5.41) is -0.507. The standard InChI is InChI=1S/C13H12ClFN2O2S/c14-13(10-4-2-1-3-5-10)9-17-20(18,19)12-6-11(15)7-16-8-12/h1-8,13,17H,9H2. The van der Waals surface area contributed by atoms with Crippen LogP contribution < -0.4 is 4.72 Å². The Balaban J connectivity index is 2.07. The summed E-state index contributed by atoms with van der Waals surface area (Å²) in [6, 6.07) is 9.98. The van der Waals surface area contributed by atoms with E-state index in [4.69, 9.17) is 11.6 Å². The lowest BCUT2D eigenvalue weighted by atomic mass is 10.1. The Morgan fingerprint density at radius 3 is 2.60 bits per heavy atom. The monoisotopic (exact) mass is 314 g/mol. The van der Waals surface area contributed by atoms with Gasteiger partial charge in [0.2, 0.25) is 10.0 Å². The van der Waals surface area contributed by atoms with Crippen LogP contribution in [-0.2, 0) is 10.0 Å². The third-order valence-electron chi connectivity index (χ3n) is 2.60. The molecule has 0 fully saturated rings. The lowest BCUT2D eigenvalue weighted by Gasteiger charge is -2.11. The highest BCUT2D eigenvalue weighted by molar-refractivity contribution is 7.89. The number of aromatic nitrogens is 1. The lowest BCUT2D eigenvalue weighted by molar-refractivity contribution is 0.575. The summed E-state index contributed by atoms with van der Waals surface area (Å²) in [7, 11) is -3.82. The Morgan fingerprint density at radius 2 is 1.95 bits per heavy atom. The van der Waals surface area contributed by atoms with Gasteiger partial charge in [-0.25, -0.2) is 17.5 Å². The minimum Gasteiger partial charge on any atom is -0.260 e. The van der Waals surface area contributed by atoms with Gasteiger partial charge in [-0.15, -0.1) is 11.6 Å². The average Bonchev–Trinajstić information content (AvgIpc) is 2.46. The van der Waals surface area contributed by atoms with E-state index in [0.29, 0.717) is 0 Å². The van der Waals surface area contributed by atoms with Crippen molar-refractivity contribution in [1.29, 1.82) is 0 Å². The number of halogens is 2. The summed E-state index contributed by atoms with van der Waals surface area (Å²) in [5.74, 6) is -0.710. The lowest BCUT2D eigenvalue weighted by Crippen LogP contribution is -2.27. The molecule has 1 aromatic heterocycles. The maximum absolute atomic E-state index is 13.0. The minimum absolute atomic E-state index is 0.00438. The summed E-state index contributed by atoms with van der Waals surface area (Å²) in [5.41, 5.74) is 0.800. The molecule has 1 N–H and O–H groups in total. The number of nitrogens with zero attached hydrogens (tertiary/aromatic N) is 1. The second-order valence-corrected chi connectivity index (χ2v) is 6.36. The molecule has 1 unspecified atom stereocenters. The van der Waals surface area contributed by atoms with Crippen molar-refractivity contribution in [3.63, 3.8) is 0 Å². The van der Waals surface area contributed by atoms with Gasteiger partial charge < -0.3 is 0 Å². The first kappa shape index (κ1) is 14.9. The van der Waals surface area contributed by atoms with Crippen molar-refractivity contribution in [1.82, 2.24) is 9.71 Å². The molecule has 106 valence electrons. The highest BCUT2D eigenvalue weighted by Gasteiger charge is 2.17. The number of hydrogen-bond acceptors (Lipinski definition) is 3. The molecule has 1 atom stereocenters. The molecule has 0 aliphatic heterocycles. The summed E-state index contributed by atoms with van der Waals surface area (Å²) >= 11 is 6.11. The normalized spacial score (nSPS) is 13.1. The maximum Gasteiger partial charge on any atom is 0.242 e. The molecule has 1 aromatic carbocycles. The first-order valence-corrected chi connectivity index (χ1v) is 7.70. The van der Waals surface area contributed by atoms with Gasteiger partial charge in [0, 0.05) is 12.7 Å². The Morgan fingerprint density at radius 1 is 1.25 bits per heavy atom. The van der Waals surface area contributed by atoms with Crippen LogP contribution in [0.2, 0.25) is 0 Å². The number of nitrogens with one attached hydrogen (secondary N) is 1. The fraction of sp³-hybridized carbons (Fsp3) is 0.154. The molecule has 0 radical (unpaired) electrons. The number of sulfonamides is 1. The number of benzene rings is 1. The molecule has 4 nitrogen and oxygen atoms in total. The van der Waals surface area contributed by atoms with Gasteiger partial charge in [0.05, 0.1) is 11.6 Å². The topological polar surface area (TPSA) is 59.1 Å². The van der Waals surface area contributed by atoms with Crippen LogP contribution in [0.3, 0.4) is 0 Å². The van der Waals surface area contributed by atoms with Crippen molar-refractivity contribution in [3.8, 4) is 0 Å². The number of rotatable bonds is 5. The zero-order valence-electron chi connectivity index (χ0n) is 10.3. The van der Waals surface area contributed by atoms with Crippen molar-refractivity contribution in [2.24, 2.45) is 0 Å². The van der Waals surface area contributed by atoms with E-state index in [2.05, 4.69) is 9.71 Å². The van der Waals surface area contributed by atoms with Gasteiger partial charge in [-0.1, -0.05) is 30.3 Å². The smallest absolute Gasteiger partial charge is 0.242 e. The molecule has 2 aromatic rings. The number of pyridine rings is 1. The zero-order valence-corrected chi connectivity index (χ0v) is 11.9. The summed E-state index contributed by atoms with van der Waals surface area (Å²) < 4.78 is 39.2. The predicted octanol–water partition coefficient (Wildman–Crippen LogP) is 2.48. The number of hydrogen-bond donors (Lipinski definition) is 1. The second kappa shape index (κ2) is 6.30. The molecular formula is C13H12ClFN2O2S. The average molecular weight is 315 g/mol. The predicted molar refractivity (Wildman–Crippen MR) is 74.4 cm³/mol. The van der Waals surface area contributed by atoms with Gasteiger partial charge in [-0.05, 0) is 11.6 Å². The summed E-state index contributed by atoms with van der Waals surface area (Å²) in [6.45, 7) is 0.00438. The molecule has 1 heterocycles. The fourth-order valence-corrected chi connectivity index (χ4v) is 2.92. The molecule has 0 aliphatic rings. The molecule has 0 aliphatic carbocycles. The highest BCUT2D eigenvalue weighted by atomic mass is 35.5. The molecule has 20 heavy (non-hydrogen) atoms. The van der Waals surface area contributed by atoms with Crippen LogP contribution in [-0.4, -0.2) is 19.9 Å². The fourth-order valence-electron chi connectivity index (χ4n) is 1.59. The molecule has 0 amide bonds. The van der Waals surface area contributed by atoms with E-state index in [1.165, 1.54) is 0 Å². The summed E-state index contributed by atoms with van der Waals surface area (Å²) in [6.07, 6.45) is 2.02. The van der Waals surface area contributed by atoms with Gasteiger partial charge in [-0.3, -0.25) is 4.98 Å². The van der Waals surface area contributed by atoms with E-state index in [-0.39, 0.29) is 11.4 Å². The van der Waals surface area contributed by atoms with Crippen LogP contribution >= 0.6 is 11.6 Å². The van der Waals surface area contributed by atoms with E-state index in [9.17, 15) is 12.8 Å². The Labute approximate surface area is 121 Å². The van der Waals surface area contributed by atoms with Crippen LogP contribution in [0.5, 0.6) is 0 Å². The molecule has 0 saturated heterocycles. The van der Waals surface area contributed by atoms with Gasteiger partial charge in [0.15, 0.2) is 0 Å². The Kier molecular flexibility index (Phi) is 4.69. The van der Waals surface area contributed by atoms with Gasteiger partial charge in [0.25, 0.3) is 0 Å². The third kappa shape index (κ3) is 3.75. The largest absolute Gasteiger partial charge is 0.260 e. The molecule has 0 spiro atoms. The maximum atomic E-state index is 13.0. The number of alkyl halides is 1. The third-order valence-corrected chi connectivity index (χ3v) is 4.40. The molecular weight excluding hydrogens is 303 g/mol. The van der Waals surface area contributed by atoms with Crippen molar-refractivity contribution < 1.29 is 12.8 Å². The Bertz CT molecular complexity index is 680. The van der Waals surface area contributed by atoms with Crippen LogP contribution in [0, 0.1) is 5.82 Å². The van der Waals surface area contributed by atoms with Crippen molar-refractivity contribution >= 4 is 21.6 Å². The van der Waals surface area contributed by atoms with E-state index in [1.54, 1.807) is 12.1 Å². The van der Waals surface area contributed by atoms with Crippen LogP contribution in [0.4, 0.5) is 4.39 Å². The first-order valence-electron chi connectivity index (χ1n) is 5.78. The first-order chi connectivity index (χ1) is 9.49. The van der Waals surface area contributed by atoms with E-state index in [0.717, 1.165) is 24.0 Å².